The van der Waals surface area contributed by atoms with Crippen LogP contribution < -0.4 is 4.74 Å². The molecule has 0 unspecified atom stereocenters. The fourth-order valence-corrected chi connectivity index (χ4v) is 4.70. The zero-order valence-corrected chi connectivity index (χ0v) is 19.1. The quantitative estimate of drug-likeness (QED) is 0.418. The van der Waals surface area contributed by atoms with Crippen LogP contribution in [0.25, 0.3) is 11.0 Å². The minimum atomic E-state index is -4.58. The first-order chi connectivity index (χ1) is 16.0. The highest BCUT2D eigenvalue weighted by molar-refractivity contribution is 5.98. The number of alkyl halides is 5. The average Bonchev–Trinajstić information content (AvgIpc) is 3.32. The second kappa shape index (κ2) is 9.67. The number of nitrogens with zero attached hydrogens (tertiary/aromatic N) is 4. The zero-order chi connectivity index (χ0) is 24.5. The number of hydrogen-bond donors (Lipinski definition) is 0. The number of halogens is 5. The maximum Gasteiger partial charge on any atom is 0.406 e. The lowest BCUT2D eigenvalue weighted by atomic mass is 10.1. The summed E-state index contributed by atoms with van der Waals surface area (Å²) in [6.45, 7) is 2.80. The summed E-state index contributed by atoms with van der Waals surface area (Å²) in [6.07, 6.45) is -1.06. The van der Waals surface area contributed by atoms with Crippen LogP contribution in [0.3, 0.4) is 0 Å². The lowest BCUT2D eigenvalue weighted by Crippen LogP contribution is -2.43. The van der Waals surface area contributed by atoms with Gasteiger partial charge in [-0.2, -0.15) is 13.2 Å². The van der Waals surface area contributed by atoms with Crippen molar-refractivity contribution in [2.75, 3.05) is 32.8 Å². The van der Waals surface area contributed by atoms with Gasteiger partial charge in [0.05, 0.1) is 12.8 Å². The number of carbonyl (C=O) groups excluding carboxylic acids is 1. The molecule has 0 N–H and O–H groups in total. The Bertz CT molecular complexity index is 1010. The standard InChI is InChI=1S/C23H29F5N4O2/c1-16-4-2-7-30(16)8-3-11-34-18-12-17-13-19(21(33)31-9-5-22(24,25)6-10-31)32(15-23(26,27)28)20(17)29-14-18/h12-14,16H,2-11,15H2,1H3/t16-/m1/s1. The summed E-state index contributed by atoms with van der Waals surface area (Å²) in [6, 6.07) is 3.46. The molecule has 11 heteroatoms. The van der Waals surface area contributed by atoms with Gasteiger partial charge in [-0.05, 0) is 44.9 Å². The van der Waals surface area contributed by atoms with Crippen molar-refractivity contribution in [1.82, 2.24) is 19.4 Å². The van der Waals surface area contributed by atoms with Crippen molar-refractivity contribution < 1.29 is 31.5 Å². The van der Waals surface area contributed by atoms with Gasteiger partial charge in [0, 0.05) is 43.9 Å². The molecule has 2 fully saturated rings. The molecule has 2 aromatic heterocycles. The van der Waals surface area contributed by atoms with E-state index in [-0.39, 0.29) is 24.4 Å². The summed E-state index contributed by atoms with van der Waals surface area (Å²) in [5.41, 5.74) is -0.216. The number of carbonyl (C=O) groups is 1. The summed E-state index contributed by atoms with van der Waals surface area (Å²) < 4.78 is 73.3. The van der Waals surface area contributed by atoms with Gasteiger partial charge in [0.15, 0.2) is 0 Å². The molecule has 188 valence electrons. The number of piperidine rings is 1. The predicted molar refractivity (Wildman–Crippen MR) is 116 cm³/mol. The van der Waals surface area contributed by atoms with Crippen molar-refractivity contribution >= 4 is 16.9 Å². The van der Waals surface area contributed by atoms with Gasteiger partial charge in [-0.3, -0.25) is 4.79 Å². The third kappa shape index (κ3) is 5.79. The molecule has 2 aliphatic heterocycles. The average molecular weight is 489 g/mol. The van der Waals surface area contributed by atoms with Crippen LogP contribution in [0.5, 0.6) is 5.75 Å². The highest BCUT2D eigenvalue weighted by atomic mass is 19.4. The molecule has 0 saturated carbocycles. The molecule has 2 aromatic rings. The number of likely N-dealkylation sites (tertiary alicyclic amines) is 2. The highest BCUT2D eigenvalue weighted by Crippen LogP contribution is 2.31. The first-order valence-electron chi connectivity index (χ1n) is 11.6. The molecule has 2 saturated heterocycles. The van der Waals surface area contributed by atoms with E-state index in [2.05, 4.69) is 16.8 Å². The van der Waals surface area contributed by atoms with Crippen molar-refractivity contribution in [3.63, 3.8) is 0 Å². The van der Waals surface area contributed by atoms with E-state index in [1.165, 1.54) is 30.0 Å². The number of aromatic nitrogens is 2. The summed E-state index contributed by atoms with van der Waals surface area (Å²) in [7, 11) is 0. The maximum absolute atomic E-state index is 13.5. The van der Waals surface area contributed by atoms with E-state index in [0.717, 1.165) is 24.1 Å². The summed E-state index contributed by atoms with van der Waals surface area (Å²) in [5.74, 6) is -3.17. The van der Waals surface area contributed by atoms with E-state index in [4.69, 9.17) is 4.74 Å². The number of ether oxygens (including phenoxy) is 1. The molecular weight excluding hydrogens is 459 g/mol. The SMILES string of the molecule is C[C@@H]1CCCN1CCCOc1cnc2c(c1)cc(C(=O)N1CCC(F)(F)CC1)n2CC(F)(F)F. The van der Waals surface area contributed by atoms with Crippen LogP contribution in [0, 0.1) is 0 Å². The predicted octanol–water partition coefficient (Wildman–Crippen LogP) is 4.72. The van der Waals surface area contributed by atoms with Crippen molar-refractivity contribution in [1.29, 1.82) is 0 Å². The molecule has 0 aromatic carbocycles. The first kappa shape index (κ1) is 24.7. The normalized spacial score (nSPS) is 21.4. The molecule has 2 aliphatic rings. The molecular formula is C23H29F5N4O2. The van der Waals surface area contributed by atoms with Crippen molar-refractivity contribution in [2.45, 2.75) is 63.7 Å². The van der Waals surface area contributed by atoms with Crippen LogP contribution in [0.4, 0.5) is 22.0 Å². The highest BCUT2D eigenvalue weighted by Gasteiger charge is 2.38. The van der Waals surface area contributed by atoms with Gasteiger partial charge in [-0.15, -0.1) is 0 Å². The van der Waals surface area contributed by atoms with Gasteiger partial charge in [0.1, 0.15) is 23.6 Å². The second-order valence-corrected chi connectivity index (χ2v) is 9.19. The molecule has 4 rings (SSSR count). The van der Waals surface area contributed by atoms with Crippen LogP contribution in [-0.4, -0.2) is 76.2 Å². The molecule has 1 amide bonds. The largest absolute Gasteiger partial charge is 0.492 e. The minimum absolute atomic E-state index is 0.00116. The molecule has 0 radical (unpaired) electrons. The van der Waals surface area contributed by atoms with Crippen molar-refractivity contribution in [3.8, 4) is 5.75 Å². The topological polar surface area (TPSA) is 50.6 Å². The third-order valence-electron chi connectivity index (χ3n) is 6.60. The first-order valence-corrected chi connectivity index (χ1v) is 11.6. The Labute approximate surface area is 194 Å². The lowest BCUT2D eigenvalue weighted by Gasteiger charge is -2.32. The number of amides is 1. The Morgan fingerprint density at radius 3 is 2.59 bits per heavy atom. The Morgan fingerprint density at radius 2 is 1.94 bits per heavy atom. The van der Waals surface area contributed by atoms with E-state index in [0.29, 0.717) is 23.8 Å². The molecule has 0 spiro atoms. The molecule has 34 heavy (non-hydrogen) atoms. The Balaban J connectivity index is 1.49. The van der Waals surface area contributed by atoms with Gasteiger partial charge in [0.2, 0.25) is 0 Å². The molecule has 0 aliphatic carbocycles. The number of fused-ring (bicyclic) bond motifs is 1. The maximum atomic E-state index is 13.5. The smallest absolute Gasteiger partial charge is 0.406 e. The van der Waals surface area contributed by atoms with E-state index in [9.17, 15) is 26.7 Å². The lowest BCUT2D eigenvalue weighted by molar-refractivity contribution is -0.140. The summed E-state index contributed by atoms with van der Waals surface area (Å²) >= 11 is 0. The fourth-order valence-electron chi connectivity index (χ4n) is 4.70. The van der Waals surface area contributed by atoms with E-state index in [1.807, 2.05) is 0 Å². The van der Waals surface area contributed by atoms with Crippen LogP contribution >= 0.6 is 0 Å². The molecule has 4 heterocycles. The van der Waals surface area contributed by atoms with Crippen LogP contribution in [-0.2, 0) is 6.54 Å². The van der Waals surface area contributed by atoms with E-state index in [1.54, 1.807) is 6.07 Å². The summed E-state index contributed by atoms with van der Waals surface area (Å²) in [5, 5.41) is 0.334. The Morgan fingerprint density at radius 1 is 1.21 bits per heavy atom. The van der Waals surface area contributed by atoms with Crippen molar-refractivity contribution in [3.05, 3.63) is 24.0 Å². The molecule has 0 bridgehead atoms. The minimum Gasteiger partial charge on any atom is -0.492 e. The Hall–Kier alpha value is -2.43. The van der Waals surface area contributed by atoms with Gasteiger partial charge in [-0.1, -0.05) is 0 Å². The summed E-state index contributed by atoms with van der Waals surface area (Å²) in [4.78, 5) is 20.7. The van der Waals surface area contributed by atoms with Crippen molar-refractivity contribution in [2.24, 2.45) is 0 Å². The van der Waals surface area contributed by atoms with Gasteiger partial charge >= 0.3 is 6.18 Å². The van der Waals surface area contributed by atoms with Gasteiger partial charge in [-0.25, -0.2) is 13.8 Å². The number of pyridine rings is 1. The van der Waals surface area contributed by atoms with E-state index >= 15 is 0 Å². The number of rotatable bonds is 7. The van der Waals surface area contributed by atoms with E-state index < -0.39 is 37.4 Å². The zero-order valence-electron chi connectivity index (χ0n) is 19.1. The fraction of sp³-hybridized carbons (Fsp3) is 0.652. The number of hydrogen-bond acceptors (Lipinski definition) is 4. The third-order valence-corrected chi connectivity index (χ3v) is 6.60. The van der Waals surface area contributed by atoms with Gasteiger partial charge < -0.3 is 19.1 Å². The molecule has 6 nitrogen and oxygen atoms in total. The van der Waals surface area contributed by atoms with Gasteiger partial charge in [0.25, 0.3) is 11.8 Å². The Kier molecular flexibility index (Phi) is 7.02. The monoisotopic (exact) mass is 488 g/mol. The molecule has 1 atom stereocenters. The van der Waals surface area contributed by atoms with Crippen LogP contribution in [0.15, 0.2) is 18.3 Å². The van der Waals surface area contributed by atoms with Crippen LogP contribution in [0.1, 0.15) is 49.5 Å². The van der Waals surface area contributed by atoms with Crippen LogP contribution in [0.2, 0.25) is 0 Å². The second-order valence-electron chi connectivity index (χ2n) is 9.19.